The fourth-order valence-electron chi connectivity index (χ4n) is 2.34. The summed E-state index contributed by atoms with van der Waals surface area (Å²) in [6, 6.07) is 4.87. The SMILES string of the molecule is c1c2sc3c(c2cc2sc4c(c12)SCS4)SCS3. The molecule has 90 valence electrons. The first-order valence-electron chi connectivity index (χ1n) is 5.44. The Morgan fingerprint density at radius 2 is 1.17 bits per heavy atom. The summed E-state index contributed by atoms with van der Waals surface area (Å²) in [5.41, 5.74) is 0. The van der Waals surface area contributed by atoms with Crippen LogP contribution in [0.2, 0.25) is 0 Å². The van der Waals surface area contributed by atoms with E-state index >= 15 is 0 Å². The molecule has 0 aliphatic carbocycles. The van der Waals surface area contributed by atoms with Crippen LogP contribution in [0, 0.1) is 0 Å². The maximum absolute atomic E-state index is 2.43. The lowest BCUT2D eigenvalue weighted by Gasteiger charge is -1.96. The Morgan fingerprint density at radius 1 is 0.667 bits per heavy atom. The third-order valence-electron chi connectivity index (χ3n) is 3.13. The summed E-state index contributed by atoms with van der Waals surface area (Å²) < 4.78 is 6.02. The Bertz CT molecular complexity index is 728. The zero-order valence-electron chi connectivity index (χ0n) is 9.02. The van der Waals surface area contributed by atoms with Gasteiger partial charge in [0.1, 0.15) is 0 Å². The molecule has 2 aliphatic rings. The number of hydrogen-bond donors (Lipinski definition) is 0. The van der Waals surface area contributed by atoms with Gasteiger partial charge in [0, 0.05) is 40.1 Å². The Labute approximate surface area is 129 Å². The second-order valence-electron chi connectivity index (χ2n) is 4.09. The summed E-state index contributed by atoms with van der Waals surface area (Å²) in [6.07, 6.45) is 0. The van der Waals surface area contributed by atoms with Crippen LogP contribution in [0.15, 0.2) is 30.3 Å². The van der Waals surface area contributed by atoms with Gasteiger partial charge in [0.15, 0.2) is 0 Å². The lowest BCUT2D eigenvalue weighted by atomic mass is 10.2. The number of thiophene rings is 2. The van der Waals surface area contributed by atoms with E-state index in [1.165, 1.54) is 48.6 Å². The molecule has 0 fully saturated rings. The van der Waals surface area contributed by atoms with Crippen molar-refractivity contribution in [1.29, 1.82) is 0 Å². The first kappa shape index (κ1) is 11.2. The van der Waals surface area contributed by atoms with E-state index in [2.05, 4.69) is 12.1 Å². The molecule has 5 rings (SSSR count). The topological polar surface area (TPSA) is 0 Å². The number of fused-ring (bicyclic) bond motifs is 6. The van der Waals surface area contributed by atoms with E-state index in [0.29, 0.717) is 0 Å². The van der Waals surface area contributed by atoms with Gasteiger partial charge < -0.3 is 0 Å². The molecule has 4 heterocycles. The molecule has 0 radical (unpaired) electrons. The van der Waals surface area contributed by atoms with Crippen LogP contribution in [0.25, 0.3) is 20.2 Å². The molecule has 6 heteroatoms. The minimum absolute atomic E-state index is 1.20. The van der Waals surface area contributed by atoms with E-state index in [1.54, 1.807) is 0 Å². The van der Waals surface area contributed by atoms with E-state index in [4.69, 9.17) is 0 Å². The van der Waals surface area contributed by atoms with Crippen molar-refractivity contribution in [2.24, 2.45) is 0 Å². The summed E-state index contributed by atoms with van der Waals surface area (Å²) >= 11 is 12.0. The number of benzene rings is 1. The third-order valence-corrected chi connectivity index (χ3v) is 11.0. The van der Waals surface area contributed by atoms with E-state index in [1.807, 2.05) is 69.7 Å². The molecular weight excluding hydrogens is 337 g/mol. The summed E-state index contributed by atoms with van der Waals surface area (Å²) in [7, 11) is 0. The predicted octanol–water partition coefficient (Wildman–Crippen LogP) is 6.43. The van der Waals surface area contributed by atoms with Crippen molar-refractivity contribution in [3.05, 3.63) is 12.1 Å². The first-order valence-corrected chi connectivity index (χ1v) is 11.0. The van der Waals surface area contributed by atoms with Gasteiger partial charge >= 0.3 is 0 Å². The highest BCUT2D eigenvalue weighted by atomic mass is 32.2. The molecule has 2 aromatic heterocycles. The minimum atomic E-state index is 1.20. The normalized spacial score (nSPS) is 17.8. The quantitative estimate of drug-likeness (QED) is 0.461. The molecule has 0 atom stereocenters. The minimum Gasteiger partial charge on any atom is -0.128 e. The van der Waals surface area contributed by atoms with Crippen LogP contribution in [0.4, 0.5) is 0 Å². The number of hydrogen-bond acceptors (Lipinski definition) is 6. The van der Waals surface area contributed by atoms with Crippen molar-refractivity contribution < 1.29 is 0 Å². The van der Waals surface area contributed by atoms with Crippen LogP contribution in [-0.4, -0.2) is 10.2 Å². The van der Waals surface area contributed by atoms with Gasteiger partial charge in [0.05, 0.1) is 8.42 Å². The van der Waals surface area contributed by atoms with E-state index < -0.39 is 0 Å². The Morgan fingerprint density at radius 3 is 1.67 bits per heavy atom. The molecule has 0 unspecified atom stereocenters. The van der Waals surface area contributed by atoms with Gasteiger partial charge in [-0.2, -0.15) is 0 Å². The molecule has 0 saturated heterocycles. The van der Waals surface area contributed by atoms with Crippen molar-refractivity contribution in [1.82, 2.24) is 0 Å². The molecule has 2 aliphatic heterocycles. The Hall–Kier alpha value is 0.540. The lowest BCUT2D eigenvalue weighted by Crippen LogP contribution is -1.69. The molecule has 1 aromatic carbocycles. The van der Waals surface area contributed by atoms with Crippen LogP contribution in [-0.2, 0) is 0 Å². The smallest absolute Gasteiger partial charge is 0.0755 e. The fraction of sp³-hybridized carbons (Fsp3) is 0.167. The Kier molecular flexibility index (Phi) is 2.51. The van der Waals surface area contributed by atoms with Gasteiger partial charge in [0.2, 0.25) is 0 Å². The van der Waals surface area contributed by atoms with Gasteiger partial charge in [-0.1, -0.05) is 0 Å². The highest BCUT2D eigenvalue weighted by Crippen LogP contribution is 2.55. The molecule has 0 N–H and O–H groups in total. The molecule has 3 aromatic rings. The highest BCUT2D eigenvalue weighted by Gasteiger charge is 2.23. The highest BCUT2D eigenvalue weighted by molar-refractivity contribution is 8.20. The lowest BCUT2D eigenvalue weighted by molar-refractivity contribution is 1.47. The summed E-state index contributed by atoms with van der Waals surface area (Å²) in [4.78, 5) is 3.08. The first-order chi connectivity index (χ1) is 8.90. The van der Waals surface area contributed by atoms with Crippen molar-refractivity contribution in [2.45, 2.75) is 18.2 Å². The largest absolute Gasteiger partial charge is 0.128 e. The number of rotatable bonds is 0. The maximum atomic E-state index is 2.43. The van der Waals surface area contributed by atoms with Gasteiger partial charge in [0.25, 0.3) is 0 Å². The molecule has 0 amide bonds. The van der Waals surface area contributed by atoms with Crippen molar-refractivity contribution in [3.63, 3.8) is 0 Å². The average Bonchev–Trinajstić information content (AvgIpc) is 3.04. The summed E-state index contributed by atoms with van der Waals surface area (Å²) in [6.45, 7) is 0. The molecule has 0 nitrogen and oxygen atoms in total. The second-order valence-corrected chi connectivity index (χ2v) is 11.4. The van der Waals surface area contributed by atoms with Gasteiger partial charge in [-0.15, -0.1) is 69.7 Å². The molecule has 0 spiro atoms. The molecule has 18 heavy (non-hydrogen) atoms. The third kappa shape index (κ3) is 1.45. The van der Waals surface area contributed by atoms with Crippen LogP contribution in [0.3, 0.4) is 0 Å². The van der Waals surface area contributed by atoms with Gasteiger partial charge in [-0.3, -0.25) is 0 Å². The average molecular weight is 343 g/mol. The second kappa shape index (κ2) is 4.02. The van der Waals surface area contributed by atoms with E-state index in [9.17, 15) is 0 Å². The Balaban J connectivity index is 1.91. The van der Waals surface area contributed by atoms with E-state index in [-0.39, 0.29) is 0 Å². The van der Waals surface area contributed by atoms with Crippen LogP contribution < -0.4 is 0 Å². The molecular formula is C12H6S6. The zero-order chi connectivity index (χ0) is 11.7. The number of thioether (sulfide) groups is 4. The van der Waals surface area contributed by atoms with Crippen molar-refractivity contribution in [2.75, 3.05) is 10.2 Å². The monoisotopic (exact) mass is 342 g/mol. The van der Waals surface area contributed by atoms with Gasteiger partial charge in [-0.25, -0.2) is 0 Å². The maximum Gasteiger partial charge on any atom is 0.0755 e. The standard InChI is InChI=1S/C12H6S6/c1-5-8(18-11-9(5)13-3-15-11)2-6-7(1)17-12-10(6)14-4-16-12/h1-2H,3-4H2. The summed E-state index contributed by atoms with van der Waals surface area (Å²) in [5.74, 6) is 0. The van der Waals surface area contributed by atoms with Crippen LogP contribution >= 0.6 is 69.7 Å². The summed E-state index contributed by atoms with van der Waals surface area (Å²) in [5, 5.41) is 5.38. The van der Waals surface area contributed by atoms with Crippen molar-refractivity contribution >= 4 is 89.9 Å². The van der Waals surface area contributed by atoms with Crippen LogP contribution in [0.1, 0.15) is 0 Å². The van der Waals surface area contributed by atoms with Crippen molar-refractivity contribution in [3.8, 4) is 0 Å². The van der Waals surface area contributed by atoms with Gasteiger partial charge in [-0.05, 0) is 12.1 Å². The fourth-order valence-corrected chi connectivity index (χ4v) is 11.0. The predicted molar refractivity (Wildman–Crippen MR) is 90.4 cm³/mol. The van der Waals surface area contributed by atoms with E-state index in [0.717, 1.165) is 0 Å². The van der Waals surface area contributed by atoms with Crippen LogP contribution in [0.5, 0.6) is 0 Å². The zero-order valence-corrected chi connectivity index (χ0v) is 13.9. The molecule has 0 saturated carbocycles. The molecule has 0 bridgehead atoms.